The summed E-state index contributed by atoms with van der Waals surface area (Å²) >= 11 is 0. The summed E-state index contributed by atoms with van der Waals surface area (Å²) in [5.74, 6) is 0.661. The number of anilines is 1. The van der Waals surface area contributed by atoms with E-state index in [1.807, 2.05) is 0 Å². The number of benzene rings is 2. The first kappa shape index (κ1) is 19.9. The van der Waals surface area contributed by atoms with Crippen LogP contribution in [0.25, 0.3) is 0 Å². The first-order valence-electron chi connectivity index (χ1n) is 8.72. The van der Waals surface area contributed by atoms with Crippen LogP contribution in [0.3, 0.4) is 0 Å². The summed E-state index contributed by atoms with van der Waals surface area (Å²) in [6.45, 7) is 3.50. The van der Waals surface area contributed by atoms with Crippen LogP contribution in [0.2, 0.25) is 0 Å². The Kier molecular flexibility index (Phi) is 5.49. The largest absolute Gasteiger partial charge is 0.493 e. The molecule has 0 aliphatic carbocycles. The number of carbonyl (C=O) groups is 1. The molecule has 0 spiro atoms. The maximum atomic E-state index is 12.7. The van der Waals surface area contributed by atoms with Gasteiger partial charge >= 0.3 is 0 Å². The Morgan fingerprint density at radius 2 is 1.86 bits per heavy atom. The fourth-order valence-corrected chi connectivity index (χ4v) is 2.95. The van der Waals surface area contributed by atoms with Crippen LogP contribution in [0.1, 0.15) is 21.7 Å². The van der Waals surface area contributed by atoms with E-state index < -0.39 is 10.8 Å². The summed E-state index contributed by atoms with van der Waals surface area (Å²) in [6.07, 6.45) is 0. The molecule has 3 rings (SSSR count). The van der Waals surface area contributed by atoms with Crippen molar-refractivity contribution in [3.63, 3.8) is 0 Å². The maximum Gasteiger partial charge on any atom is 0.275 e. The summed E-state index contributed by atoms with van der Waals surface area (Å²) in [5.41, 5.74) is 1.70. The van der Waals surface area contributed by atoms with Gasteiger partial charge in [-0.3, -0.25) is 19.6 Å². The van der Waals surface area contributed by atoms with E-state index in [2.05, 4.69) is 10.4 Å². The molecule has 150 valence electrons. The molecule has 9 heteroatoms. The smallest absolute Gasteiger partial charge is 0.275 e. The molecule has 9 nitrogen and oxygen atoms in total. The standard InChI is InChI=1S/C20H20N4O5/c1-12-19(13(2)23(3)22-12)20(25)21-14-9-15(24(26)27)11-16(10-14)29-18-8-6-5-7-17(18)28-4/h5-11H,1-4H3,(H,21,25). The Labute approximate surface area is 167 Å². The molecule has 0 aliphatic heterocycles. The molecule has 2 aromatic carbocycles. The van der Waals surface area contributed by atoms with Gasteiger partial charge < -0.3 is 14.8 Å². The van der Waals surface area contributed by atoms with Gasteiger partial charge in [0.15, 0.2) is 11.5 Å². The number of hydrogen-bond acceptors (Lipinski definition) is 6. The van der Waals surface area contributed by atoms with Crippen LogP contribution in [0.4, 0.5) is 11.4 Å². The van der Waals surface area contributed by atoms with Crippen LogP contribution in [0.15, 0.2) is 42.5 Å². The molecule has 0 fully saturated rings. The molecule has 0 atom stereocenters. The third kappa shape index (κ3) is 4.18. The summed E-state index contributed by atoms with van der Waals surface area (Å²) < 4.78 is 12.6. The van der Waals surface area contributed by atoms with E-state index in [1.54, 1.807) is 49.8 Å². The van der Waals surface area contributed by atoms with Gasteiger partial charge in [-0.1, -0.05) is 12.1 Å². The fourth-order valence-electron chi connectivity index (χ4n) is 2.95. The van der Waals surface area contributed by atoms with Crippen molar-refractivity contribution in [3.8, 4) is 17.2 Å². The SMILES string of the molecule is COc1ccccc1Oc1cc(NC(=O)c2c(C)nn(C)c2C)cc([N+](=O)[O-])c1. The van der Waals surface area contributed by atoms with Crippen molar-refractivity contribution in [2.45, 2.75) is 13.8 Å². The Hall–Kier alpha value is -3.88. The molecule has 1 heterocycles. The highest BCUT2D eigenvalue weighted by molar-refractivity contribution is 6.06. The Bertz CT molecular complexity index is 1090. The van der Waals surface area contributed by atoms with E-state index in [0.717, 1.165) is 0 Å². The lowest BCUT2D eigenvalue weighted by atomic mass is 10.1. The second-order valence-electron chi connectivity index (χ2n) is 6.35. The summed E-state index contributed by atoms with van der Waals surface area (Å²) in [6, 6.07) is 11.0. The molecule has 0 bridgehead atoms. The van der Waals surface area contributed by atoms with E-state index in [9.17, 15) is 14.9 Å². The third-order valence-corrected chi connectivity index (χ3v) is 4.39. The van der Waals surface area contributed by atoms with Crippen LogP contribution in [-0.2, 0) is 7.05 Å². The zero-order valence-corrected chi connectivity index (χ0v) is 16.4. The number of ether oxygens (including phenoxy) is 2. The number of nitro groups is 1. The van der Waals surface area contributed by atoms with Gasteiger partial charge in [0.05, 0.1) is 35.0 Å². The van der Waals surface area contributed by atoms with Crippen molar-refractivity contribution < 1.29 is 19.2 Å². The van der Waals surface area contributed by atoms with Crippen LogP contribution >= 0.6 is 0 Å². The van der Waals surface area contributed by atoms with E-state index in [0.29, 0.717) is 28.5 Å². The second-order valence-corrected chi connectivity index (χ2v) is 6.35. The molecule has 1 N–H and O–H groups in total. The number of aromatic nitrogens is 2. The van der Waals surface area contributed by atoms with Gasteiger partial charge in [0, 0.05) is 24.9 Å². The Balaban J connectivity index is 1.95. The van der Waals surface area contributed by atoms with Crippen molar-refractivity contribution >= 4 is 17.3 Å². The number of rotatable bonds is 6. The first-order valence-corrected chi connectivity index (χ1v) is 8.72. The van der Waals surface area contributed by atoms with Gasteiger partial charge in [0.25, 0.3) is 11.6 Å². The first-order chi connectivity index (χ1) is 13.8. The highest BCUT2D eigenvalue weighted by atomic mass is 16.6. The number of hydrogen-bond donors (Lipinski definition) is 1. The minimum Gasteiger partial charge on any atom is -0.493 e. The van der Waals surface area contributed by atoms with Gasteiger partial charge in [-0.2, -0.15) is 5.10 Å². The summed E-state index contributed by atoms with van der Waals surface area (Å²) in [5, 5.41) is 18.3. The van der Waals surface area contributed by atoms with Crippen LogP contribution in [0.5, 0.6) is 17.2 Å². The highest BCUT2D eigenvalue weighted by Crippen LogP contribution is 2.34. The normalized spacial score (nSPS) is 10.5. The number of amides is 1. The second kappa shape index (κ2) is 8.01. The molecule has 0 saturated heterocycles. The highest BCUT2D eigenvalue weighted by Gasteiger charge is 2.19. The van der Waals surface area contributed by atoms with Gasteiger partial charge in [-0.15, -0.1) is 0 Å². The summed E-state index contributed by atoms with van der Waals surface area (Å²) in [7, 11) is 3.24. The number of para-hydroxylation sites is 2. The molecule has 1 amide bonds. The number of aryl methyl sites for hydroxylation is 2. The van der Waals surface area contributed by atoms with Crippen molar-refractivity contribution in [3.05, 3.63) is 69.5 Å². The van der Waals surface area contributed by atoms with E-state index in [1.165, 1.54) is 25.3 Å². The van der Waals surface area contributed by atoms with Crippen molar-refractivity contribution in [2.75, 3.05) is 12.4 Å². The van der Waals surface area contributed by atoms with Crippen molar-refractivity contribution in [1.82, 2.24) is 9.78 Å². The lowest BCUT2D eigenvalue weighted by Crippen LogP contribution is -2.14. The van der Waals surface area contributed by atoms with E-state index >= 15 is 0 Å². The van der Waals surface area contributed by atoms with E-state index in [-0.39, 0.29) is 17.1 Å². The quantitative estimate of drug-likeness (QED) is 0.498. The number of non-ortho nitro benzene ring substituents is 1. The van der Waals surface area contributed by atoms with Crippen LogP contribution < -0.4 is 14.8 Å². The topological polar surface area (TPSA) is 109 Å². The van der Waals surface area contributed by atoms with E-state index in [4.69, 9.17) is 9.47 Å². The van der Waals surface area contributed by atoms with Gasteiger partial charge in [-0.25, -0.2) is 0 Å². The predicted octanol–water partition coefficient (Wildman–Crippen LogP) is 4.00. The number of carbonyl (C=O) groups excluding carboxylic acids is 1. The Morgan fingerprint density at radius 1 is 1.17 bits per heavy atom. The lowest BCUT2D eigenvalue weighted by molar-refractivity contribution is -0.384. The third-order valence-electron chi connectivity index (χ3n) is 4.39. The molecule has 0 radical (unpaired) electrons. The van der Waals surface area contributed by atoms with Crippen molar-refractivity contribution in [1.29, 1.82) is 0 Å². The average molecular weight is 396 g/mol. The van der Waals surface area contributed by atoms with Crippen molar-refractivity contribution in [2.24, 2.45) is 7.05 Å². The molecule has 3 aromatic rings. The average Bonchev–Trinajstić information content (AvgIpc) is 2.93. The van der Waals surface area contributed by atoms with Gasteiger partial charge in [0.2, 0.25) is 0 Å². The molecule has 1 aromatic heterocycles. The zero-order valence-electron chi connectivity index (χ0n) is 16.4. The van der Waals surface area contributed by atoms with Crippen LogP contribution in [0, 0.1) is 24.0 Å². The zero-order chi connectivity index (χ0) is 21.1. The van der Waals surface area contributed by atoms with Gasteiger partial charge in [-0.05, 0) is 26.0 Å². The fraction of sp³-hybridized carbons (Fsp3) is 0.200. The predicted molar refractivity (Wildman–Crippen MR) is 107 cm³/mol. The number of nitro benzene ring substituents is 1. The molecule has 0 saturated carbocycles. The lowest BCUT2D eigenvalue weighted by Gasteiger charge is -2.12. The number of nitrogens with zero attached hydrogens (tertiary/aromatic N) is 3. The molecular weight excluding hydrogens is 376 g/mol. The Morgan fingerprint density at radius 3 is 2.45 bits per heavy atom. The molecule has 29 heavy (non-hydrogen) atoms. The minimum absolute atomic E-state index is 0.193. The molecule has 0 unspecified atom stereocenters. The number of methoxy groups -OCH3 is 1. The number of nitrogens with one attached hydrogen (secondary N) is 1. The minimum atomic E-state index is -0.550. The van der Waals surface area contributed by atoms with Crippen LogP contribution in [-0.4, -0.2) is 27.7 Å². The monoisotopic (exact) mass is 396 g/mol. The van der Waals surface area contributed by atoms with Gasteiger partial charge in [0.1, 0.15) is 5.75 Å². The molecular formula is C20H20N4O5. The maximum absolute atomic E-state index is 12.7. The molecule has 0 aliphatic rings. The summed E-state index contributed by atoms with van der Waals surface area (Å²) in [4.78, 5) is 23.5.